The number of aliphatic hydroxyl groups is 1. The van der Waals surface area contributed by atoms with Crippen LogP contribution in [0.4, 0.5) is 10.5 Å². The van der Waals surface area contributed by atoms with Gasteiger partial charge in [0.25, 0.3) is 5.91 Å². The molecule has 0 bridgehead atoms. The maximum absolute atomic E-state index is 12.9. The van der Waals surface area contributed by atoms with Crippen molar-refractivity contribution in [2.45, 2.75) is 18.4 Å². The Morgan fingerprint density at radius 1 is 1.00 bits per heavy atom. The van der Waals surface area contributed by atoms with Crippen molar-refractivity contribution in [3.05, 3.63) is 29.8 Å². The molecule has 1 aromatic carbocycles. The Labute approximate surface area is 161 Å². The fourth-order valence-corrected chi connectivity index (χ4v) is 4.03. The van der Waals surface area contributed by atoms with Crippen molar-refractivity contribution in [1.29, 1.82) is 0 Å². The SMILES string of the molecule is CN(C)C(=O)N1CC[C@]2(O)CCN(C(=O)c3ccc(N(C)C)cc3)C[C@@H]2C1. The van der Waals surface area contributed by atoms with E-state index in [-0.39, 0.29) is 17.9 Å². The summed E-state index contributed by atoms with van der Waals surface area (Å²) in [7, 11) is 7.40. The molecule has 0 aliphatic carbocycles. The van der Waals surface area contributed by atoms with Crippen molar-refractivity contribution >= 4 is 17.6 Å². The Kier molecular flexibility index (Phi) is 5.33. The Morgan fingerprint density at radius 3 is 2.11 bits per heavy atom. The summed E-state index contributed by atoms with van der Waals surface area (Å²) in [5.74, 6) is -0.132. The zero-order valence-corrected chi connectivity index (χ0v) is 16.7. The van der Waals surface area contributed by atoms with Crippen molar-refractivity contribution in [3.63, 3.8) is 0 Å². The summed E-state index contributed by atoms with van der Waals surface area (Å²) in [6.45, 7) is 2.06. The third-order valence-electron chi connectivity index (χ3n) is 5.84. The van der Waals surface area contributed by atoms with Gasteiger partial charge in [-0.15, -0.1) is 0 Å². The summed E-state index contributed by atoms with van der Waals surface area (Å²) in [4.78, 5) is 32.4. The zero-order chi connectivity index (χ0) is 19.8. The molecule has 2 aliphatic rings. The number of benzene rings is 1. The highest BCUT2D eigenvalue weighted by Gasteiger charge is 2.47. The predicted octanol–water partition coefficient (Wildman–Crippen LogP) is 1.33. The summed E-state index contributed by atoms with van der Waals surface area (Å²) < 4.78 is 0. The molecule has 0 radical (unpaired) electrons. The number of fused-ring (bicyclic) bond motifs is 1. The van der Waals surface area contributed by atoms with Gasteiger partial charge in [0, 0.05) is 71.5 Å². The Morgan fingerprint density at radius 2 is 1.56 bits per heavy atom. The van der Waals surface area contributed by atoms with Gasteiger partial charge < -0.3 is 24.7 Å². The Balaban J connectivity index is 1.70. The first-order chi connectivity index (χ1) is 12.7. The summed E-state index contributed by atoms with van der Waals surface area (Å²) in [6.07, 6.45) is 1.12. The zero-order valence-electron chi connectivity index (χ0n) is 16.7. The summed E-state index contributed by atoms with van der Waals surface area (Å²) in [6, 6.07) is 7.53. The molecule has 27 heavy (non-hydrogen) atoms. The molecule has 3 rings (SSSR count). The average molecular weight is 374 g/mol. The largest absolute Gasteiger partial charge is 0.389 e. The molecule has 2 atom stereocenters. The van der Waals surface area contributed by atoms with Gasteiger partial charge in [0.05, 0.1) is 5.60 Å². The van der Waals surface area contributed by atoms with E-state index in [0.717, 1.165) is 5.69 Å². The quantitative estimate of drug-likeness (QED) is 0.848. The average Bonchev–Trinajstić information content (AvgIpc) is 2.65. The molecule has 7 heteroatoms. The number of amides is 3. The Hall–Kier alpha value is -2.28. The number of likely N-dealkylation sites (tertiary alicyclic amines) is 2. The van der Waals surface area contributed by atoms with Crippen molar-refractivity contribution in [2.24, 2.45) is 5.92 Å². The number of rotatable bonds is 2. The fraction of sp³-hybridized carbons (Fsp3) is 0.600. The number of carbonyl (C=O) groups is 2. The van der Waals surface area contributed by atoms with E-state index in [0.29, 0.717) is 44.6 Å². The van der Waals surface area contributed by atoms with E-state index in [1.807, 2.05) is 48.2 Å². The number of carbonyl (C=O) groups excluding carboxylic acids is 2. The second kappa shape index (κ2) is 7.38. The lowest BCUT2D eigenvalue weighted by atomic mass is 9.75. The van der Waals surface area contributed by atoms with Crippen LogP contribution in [0.2, 0.25) is 0 Å². The maximum atomic E-state index is 12.9. The van der Waals surface area contributed by atoms with Gasteiger partial charge >= 0.3 is 6.03 Å². The monoisotopic (exact) mass is 374 g/mol. The molecule has 1 N–H and O–H groups in total. The standard InChI is InChI=1S/C20H30N4O3/c1-21(2)17-7-5-15(6-8-17)18(25)23-11-9-20(27)10-12-24(14-16(20)13-23)19(26)22(3)4/h5-8,16,27H,9-14H2,1-4H3/t16-,20-/m1/s1. The lowest BCUT2D eigenvalue weighted by Gasteiger charge is -2.50. The smallest absolute Gasteiger partial charge is 0.319 e. The third-order valence-corrected chi connectivity index (χ3v) is 5.84. The molecule has 0 spiro atoms. The first kappa shape index (κ1) is 19.5. The molecule has 0 aromatic heterocycles. The molecule has 0 saturated carbocycles. The van der Waals surface area contributed by atoms with Crippen molar-refractivity contribution < 1.29 is 14.7 Å². The van der Waals surface area contributed by atoms with Crippen molar-refractivity contribution in [1.82, 2.24) is 14.7 Å². The van der Waals surface area contributed by atoms with E-state index >= 15 is 0 Å². The third kappa shape index (κ3) is 3.88. The van der Waals surface area contributed by atoms with E-state index in [1.54, 1.807) is 23.9 Å². The Bertz CT molecular complexity index is 704. The molecule has 148 valence electrons. The highest BCUT2D eigenvalue weighted by Crippen LogP contribution is 2.36. The number of hydrogen-bond donors (Lipinski definition) is 1. The number of nitrogens with zero attached hydrogens (tertiary/aromatic N) is 4. The highest BCUT2D eigenvalue weighted by molar-refractivity contribution is 5.94. The normalized spacial score (nSPS) is 25.0. The van der Waals surface area contributed by atoms with Gasteiger partial charge in [0.1, 0.15) is 0 Å². The van der Waals surface area contributed by atoms with E-state index in [4.69, 9.17) is 0 Å². The van der Waals surface area contributed by atoms with Gasteiger partial charge in [-0.2, -0.15) is 0 Å². The lowest BCUT2D eigenvalue weighted by Crippen LogP contribution is -2.62. The van der Waals surface area contributed by atoms with Crippen LogP contribution >= 0.6 is 0 Å². The van der Waals surface area contributed by atoms with Crippen LogP contribution < -0.4 is 4.90 Å². The number of piperidine rings is 2. The molecule has 1 aromatic rings. The van der Waals surface area contributed by atoms with Crippen molar-refractivity contribution in [2.75, 3.05) is 59.3 Å². The van der Waals surface area contributed by atoms with Gasteiger partial charge in [-0.05, 0) is 37.1 Å². The van der Waals surface area contributed by atoms with Crippen LogP contribution in [0.15, 0.2) is 24.3 Å². The molecule has 3 amide bonds. The minimum Gasteiger partial charge on any atom is -0.389 e. The van der Waals surface area contributed by atoms with Gasteiger partial charge in [0.15, 0.2) is 0 Å². The number of urea groups is 1. The molecule has 7 nitrogen and oxygen atoms in total. The van der Waals surface area contributed by atoms with Crippen LogP contribution in [0.5, 0.6) is 0 Å². The van der Waals surface area contributed by atoms with E-state index in [9.17, 15) is 14.7 Å². The molecular formula is C20H30N4O3. The van der Waals surface area contributed by atoms with Crippen LogP contribution in [-0.2, 0) is 0 Å². The van der Waals surface area contributed by atoms with Gasteiger partial charge in [-0.25, -0.2) is 4.79 Å². The van der Waals surface area contributed by atoms with E-state index < -0.39 is 5.60 Å². The fourth-order valence-electron chi connectivity index (χ4n) is 4.03. The minimum atomic E-state index is -0.783. The molecule has 2 saturated heterocycles. The summed E-state index contributed by atoms with van der Waals surface area (Å²) in [5, 5.41) is 11.0. The second-order valence-corrected chi connectivity index (χ2v) is 8.12. The van der Waals surface area contributed by atoms with E-state index in [1.165, 1.54) is 0 Å². The first-order valence-electron chi connectivity index (χ1n) is 9.46. The summed E-state index contributed by atoms with van der Waals surface area (Å²) in [5.41, 5.74) is 0.919. The number of hydrogen-bond acceptors (Lipinski definition) is 4. The highest BCUT2D eigenvalue weighted by atomic mass is 16.3. The topological polar surface area (TPSA) is 67.3 Å². The lowest BCUT2D eigenvalue weighted by molar-refractivity contribution is -0.100. The van der Waals surface area contributed by atoms with Crippen LogP contribution in [-0.4, -0.2) is 91.7 Å². The maximum Gasteiger partial charge on any atom is 0.319 e. The minimum absolute atomic E-state index is 0.0154. The van der Waals surface area contributed by atoms with Gasteiger partial charge in [-0.1, -0.05) is 0 Å². The van der Waals surface area contributed by atoms with Crippen molar-refractivity contribution in [3.8, 4) is 0 Å². The van der Waals surface area contributed by atoms with Crippen LogP contribution in [0.25, 0.3) is 0 Å². The van der Waals surface area contributed by atoms with Crippen LogP contribution in [0.3, 0.4) is 0 Å². The number of anilines is 1. The molecule has 0 unspecified atom stereocenters. The molecular weight excluding hydrogens is 344 g/mol. The predicted molar refractivity (Wildman–Crippen MR) is 105 cm³/mol. The molecule has 2 aliphatic heterocycles. The summed E-state index contributed by atoms with van der Waals surface area (Å²) >= 11 is 0. The first-order valence-corrected chi connectivity index (χ1v) is 9.46. The molecule has 2 fully saturated rings. The van der Waals surface area contributed by atoms with Gasteiger partial charge in [0.2, 0.25) is 0 Å². The van der Waals surface area contributed by atoms with Crippen LogP contribution in [0, 0.1) is 5.92 Å². The van der Waals surface area contributed by atoms with E-state index in [2.05, 4.69) is 0 Å². The second-order valence-electron chi connectivity index (χ2n) is 8.12. The van der Waals surface area contributed by atoms with Gasteiger partial charge in [-0.3, -0.25) is 4.79 Å². The molecule has 2 heterocycles. The van der Waals surface area contributed by atoms with Crippen LogP contribution in [0.1, 0.15) is 23.2 Å².